The summed E-state index contributed by atoms with van der Waals surface area (Å²) in [6.45, 7) is 2.78. The highest BCUT2D eigenvalue weighted by Crippen LogP contribution is 2.27. The second-order valence-electron chi connectivity index (χ2n) is 4.99. The fraction of sp³-hybridized carbons (Fsp3) is 0.375. The highest BCUT2D eigenvalue weighted by molar-refractivity contribution is 5.67. The third-order valence-electron chi connectivity index (χ3n) is 3.28. The quantitative estimate of drug-likeness (QED) is 0.773. The van der Waals surface area contributed by atoms with Crippen LogP contribution in [0.3, 0.4) is 0 Å². The van der Waals surface area contributed by atoms with Crippen molar-refractivity contribution in [2.45, 2.75) is 26.3 Å². The molecule has 0 spiro atoms. The molecular formula is C16H20N2O5. The van der Waals surface area contributed by atoms with E-state index >= 15 is 0 Å². The van der Waals surface area contributed by atoms with Crippen LogP contribution in [0, 0.1) is 0 Å². The molecule has 2 aromatic rings. The number of hydrogen-bond donors (Lipinski definition) is 2. The SMILES string of the molecule is CCOc1nn(Cc2ccc(O)c(OC)c2)cc1CCC(=O)O. The summed E-state index contributed by atoms with van der Waals surface area (Å²) in [5.74, 6) is 0.0719. The van der Waals surface area contributed by atoms with E-state index in [1.807, 2.05) is 6.92 Å². The van der Waals surface area contributed by atoms with Gasteiger partial charge in [-0.2, -0.15) is 0 Å². The Hall–Kier alpha value is -2.70. The molecular weight excluding hydrogens is 300 g/mol. The Labute approximate surface area is 134 Å². The van der Waals surface area contributed by atoms with Crippen molar-refractivity contribution < 1.29 is 24.5 Å². The van der Waals surface area contributed by atoms with Crippen molar-refractivity contribution in [3.05, 3.63) is 35.5 Å². The lowest BCUT2D eigenvalue weighted by Gasteiger charge is -2.06. The lowest BCUT2D eigenvalue weighted by Crippen LogP contribution is -2.01. The van der Waals surface area contributed by atoms with Gasteiger partial charge in [0.05, 0.1) is 20.3 Å². The Morgan fingerprint density at radius 1 is 1.39 bits per heavy atom. The van der Waals surface area contributed by atoms with Crippen molar-refractivity contribution >= 4 is 5.97 Å². The molecule has 0 fully saturated rings. The van der Waals surface area contributed by atoms with E-state index in [-0.39, 0.29) is 12.2 Å². The fourth-order valence-corrected chi connectivity index (χ4v) is 2.20. The molecule has 0 bridgehead atoms. The second kappa shape index (κ2) is 7.53. The summed E-state index contributed by atoms with van der Waals surface area (Å²) in [5, 5.41) is 22.8. The lowest BCUT2D eigenvalue weighted by atomic mass is 10.2. The summed E-state index contributed by atoms with van der Waals surface area (Å²) in [6.07, 6.45) is 2.18. The topological polar surface area (TPSA) is 93.8 Å². The first-order valence-corrected chi connectivity index (χ1v) is 7.30. The number of carboxylic acids is 1. The number of methoxy groups -OCH3 is 1. The van der Waals surface area contributed by atoms with Gasteiger partial charge in [-0.25, -0.2) is 0 Å². The fourth-order valence-electron chi connectivity index (χ4n) is 2.20. The van der Waals surface area contributed by atoms with Crippen LogP contribution in [0.2, 0.25) is 0 Å². The van der Waals surface area contributed by atoms with E-state index in [2.05, 4.69) is 5.10 Å². The first kappa shape index (κ1) is 16.7. The molecule has 0 aliphatic rings. The van der Waals surface area contributed by atoms with Crippen molar-refractivity contribution in [2.75, 3.05) is 13.7 Å². The van der Waals surface area contributed by atoms with Gasteiger partial charge in [0.2, 0.25) is 5.88 Å². The molecule has 0 amide bonds. The van der Waals surface area contributed by atoms with E-state index in [1.165, 1.54) is 7.11 Å². The largest absolute Gasteiger partial charge is 0.504 e. The molecule has 0 aliphatic heterocycles. The van der Waals surface area contributed by atoms with Crippen LogP contribution in [0.25, 0.3) is 0 Å². The van der Waals surface area contributed by atoms with Gasteiger partial charge in [0, 0.05) is 18.2 Å². The van der Waals surface area contributed by atoms with E-state index < -0.39 is 5.97 Å². The van der Waals surface area contributed by atoms with Gasteiger partial charge in [-0.15, -0.1) is 5.10 Å². The van der Waals surface area contributed by atoms with Crippen molar-refractivity contribution in [2.24, 2.45) is 0 Å². The minimum absolute atomic E-state index is 0.0266. The van der Waals surface area contributed by atoms with Crippen LogP contribution < -0.4 is 9.47 Å². The highest BCUT2D eigenvalue weighted by Gasteiger charge is 2.12. The van der Waals surface area contributed by atoms with Crippen LogP contribution in [0.4, 0.5) is 0 Å². The number of carbonyl (C=O) groups is 1. The van der Waals surface area contributed by atoms with Crippen LogP contribution in [-0.4, -0.2) is 39.7 Å². The van der Waals surface area contributed by atoms with E-state index in [0.29, 0.717) is 31.2 Å². The average Bonchev–Trinajstić information content (AvgIpc) is 2.89. The minimum atomic E-state index is -0.858. The third kappa shape index (κ3) is 4.38. The molecule has 1 aromatic heterocycles. The smallest absolute Gasteiger partial charge is 0.303 e. The Morgan fingerprint density at radius 2 is 2.17 bits per heavy atom. The number of phenolic OH excluding ortho intramolecular Hbond substituents is 1. The molecule has 124 valence electrons. The van der Waals surface area contributed by atoms with Crippen LogP contribution in [0.15, 0.2) is 24.4 Å². The number of hydrogen-bond acceptors (Lipinski definition) is 5. The zero-order valence-corrected chi connectivity index (χ0v) is 13.2. The van der Waals surface area contributed by atoms with Crippen molar-refractivity contribution in [3.63, 3.8) is 0 Å². The molecule has 23 heavy (non-hydrogen) atoms. The molecule has 1 aromatic carbocycles. The molecule has 2 N–H and O–H groups in total. The molecule has 1 heterocycles. The Morgan fingerprint density at radius 3 is 2.83 bits per heavy atom. The third-order valence-corrected chi connectivity index (χ3v) is 3.28. The number of aromatic nitrogens is 2. The molecule has 2 rings (SSSR count). The molecule has 0 atom stereocenters. The summed E-state index contributed by atoms with van der Waals surface area (Å²) in [6, 6.07) is 5.07. The van der Waals surface area contributed by atoms with E-state index in [1.54, 1.807) is 29.1 Å². The maximum Gasteiger partial charge on any atom is 0.303 e. The lowest BCUT2D eigenvalue weighted by molar-refractivity contribution is -0.136. The Bertz CT molecular complexity index is 681. The number of aryl methyl sites for hydroxylation is 1. The van der Waals surface area contributed by atoms with E-state index in [4.69, 9.17) is 14.6 Å². The minimum Gasteiger partial charge on any atom is -0.504 e. The number of carboxylic acid groups (broad SMARTS) is 1. The summed E-state index contributed by atoms with van der Waals surface area (Å²) in [4.78, 5) is 10.7. The normalized spacial score (nSPS) is 10.5. The first-order valence-electron chi connectivity index (χ1n) is 7.30. The monoisotopic (exact) mass is 320 g/mol. The van der Waals surface area contributed by atoms with Crippen molar-refractivity contribution in [1.82, 2.24) is 9.78 Å². The number of rotatable bonds is 8. The van der Waals surface area contributed by atoms with Crippen LogP contribution in [0.1, 0.15) is 24.5 Å². The maximum absolute atomic E-state index is 10.7. The van der Waals surface area contributed by atoms with Gasteiger partial charge in [0.25, 0.3) is 0 Å². The van der Waals surface area contributed by atoms with E-state index in [9.17, 15) is 9.90 Å². The first-order chi connectivity index (χ1) is 11.0. The Kier molecular flexibility index (Phi) is 5.46. The van der Waals surface area contributed by atoms with Gasteiger partial charge in [0.15, 0.2) is 11.5 Å². The van der Waals surface area contributed by atoms with Gasteiger partial charge in [-0.1, -0.05) is 6.07 Å². The molecule has 0 unspecified atom stereocenters. The number of aliphatic carboxylic acids is 1. The number of nitrogens with zero attached hydrogens (tertiary/aromatic N) is 2. The van der Waals surface area contributed by atoms with Crippen LogP contribution in [-0.2, 0) is 17.8 Å². The summed E-state index contributed by atoms with van der Waals surface area (Å²) in [5.41, 5.74) is 1.66. The number of phenols is 1. The highest BCUT2D eigenvalue weighted by atomic mass is 16.5. The molecule has 0 aliphatic carbocycles. The van der Waals surface area contributed by atoms with E-state index in [0.717, 1.165) is 11.1 Å². The number of aromatic hydroxyl groups is 1. The molecule has 0 saturated heterocycles. The number of benzene rings is 1. The van der Waals surface area contributed by atoms with Crippen molar-refractivity contribution in [3.8, 4) is 17.4 Å². The van der Waals surface area contributed by atoms with Crippen LogP contribution in [0.5, 0.6) is 17.4 Å². The zero-order chi connectivity index (χ0) is 16.8. The molecule has 0 radical (unpaired) electrons. The van der Waals surface area contributed by atoms with Gasteiger partial charge >= 0.3 is 5.97 Å². The maximum atomic E-state index is 10.7. The number of ether oxygens (including phenoxy) is 2. The molecule has 0 saturated carbocycles. The van der Waals surface area contributed by atoms with Gasteiger partial charge < -0.3 is 19.7 Å². The van der Waals surface area contributed by atoms with Crippen molar-refractivity contribution in [1.29, 1.82) is 0 Å². The standard InChI is InChI=1S/C16H20N2O5/c1-3-23-16-12(5-7-15(20)21)10-18(17-16)9-11-4-6-13(19)14(8-11)22-2/h4,6,8,10,19H,3,5,7,9H2,1-2H3,(H,20,21). The van der Waals surface area contributed by atoms with Crippen LogP contribution >= 0.6 is 0 Å². The second-order valence-corrected chi connectivity index (χ2v) is 4.99. The summed E-state index contributed by atoms with van der Waals surface area (Å²) >= 11 is 0. The zero-order valence-electron chi connectivity index (χ0n) is 13.2. The molecule has 7 heteroatoms. The predicted molar refractivity (Wildman–Crippen MR) is 83.1 cm³/mol. The molecule has 7 nitrogen and oxygen atoms in total. The summed E-state index contributed by atoms with van der Waals surface area (Å²) in [7, 11) is 1.49. The van der Waals surface area contributed by atoms with Gasteiger partial charge in [-0.3, -0.25) is 9.48 Å². The van der Waals surface area contributed by atoms with Gasteiger partial charge in [0.1, 0.15) is 0 Å². The van der Waals surface area contributed by atoms with Gasteiger partial charge in [-0.05, 0) is 31.0 Å². The predicted octanol–water partition coefficient (Wildman–Crippen LogP) is 2.06. The Balaban J connectivity index is 2.19. The average molecular weight is 320 g/mol. The summed E-state index contributed by atoms with van der Waals surface area (Å²) < 4.78 is 12.2.